The van der Waals surface area contributed by atoms with E-state index in [1.165, 1.54) is 9.75 Å². The van der Waals surface area contributed by atoms with Gasteiger partial charge in [0, 0.05) is 9.75 Å². The number of halogens is 1. The van der Waals surface area contributed by atoms with E-state index in [4.69, 9.17) is 11.6 Å². The highest BCUT2D eigenvalue weighted by atomic mass is 35.5. The van der Waals surface area contributed by atoms with Crippen LogP contribution in [0.1, 0.15) is 16.7 Å². The van der Waals surface area contributed by atoms with Crippen molar-refractivity contribution in [3.63, 3.8) is 0 Å². The Morgan fingerprint density at radius 1 is 1.58 bits per heavy atom. The fourth-order valence-corrected chi connectivity index (χ4v) is 2.51. The largest absolute Gasteiger partial charge is 0.319 e. The Morgan fingerprint density at radius 2 is 2.33 bits per heavy atom. The maximum Gasteiger partial charge on any atom is 0.0547 e. The van der Waals surface area contributed by atoms with E-state index in [-0.39, 0.29) is 0 Å². The summed E-state index contributed by atoms with van der Waals surface area (Å²) in [6.07, 6.45) is 2.13. The van der Waals surface area contributed by atoms with Gasteiger partial charge in [-0.25, -0.2) is 0 Å². The first-order chi connectivity index (χ1) is 5.77. The van der Waals surface area contributed by atoms with Crippen molar-refractivity contribution < 1.29 is 0 Å². The molecule has 0 bridgehead atoms. The van der Waals surface area contributed by atoms with Crippen molar-refractivity contribution in [2.45, 2.75) is 19.8 Å². The predicted octanol–water partition coefficient (Wildman–Crippen LogP) is 2.73. The molecule has 0 aliphatic heterocycles. The average molecular weight is 204 g/mol. The van der Waals surface area contributed by atoms with Crippen molar-refractivity contribution in [2.75, 3.05) is 13.6 Å². The predicted molar refractivity (Wildman–Crippen MR) is 56.3 cm³/mol. The fourth-order valence-electron chi connectivity index (χ4n) is 1.07. The molecule has 0 spiro atoms. The Kier molecular flexibility index (Phi) is 4.06. The van der Waals surface area contributed by atoms with Gasteiger partial charge >= 0.3 is 0 Å². The summed E-state index contributed by atoms with van der Waals surface area (Å²) in [4.78, 5) is 2.69. The summed E-state index contributed by atoms with van der Waals surface area (Å²) < 4.78 is 0. The average Bonchev–Trinajstić information content (AvgIpc) is 2.43. The minimum absolute atomic E-state index is 0.939. The zero-order valence-corrected chi connectivity index (χ0v) is 9.06. The molecule has 0 unspecified atom stereocenters. The molecule has 1 heterocycles. The lowest BCUT2D eigenvalue weighted by atomic mass is 10.3. The number of likely N-dealkylation sites (N-methyl/N-ethyl adjacent to an activating group) is 1. The zero-order chi connectivity index (χ0) is 8.97. The van der Waals surface area contributed by atoms with Gasteiger partial charge in [0.05, 0.1) is 5.02 Å². The summed E-state index contributed by atoms with van der Waals surface area (Å²) in [5.74, 6) is 0. The minimum Gasteiger partial charge on any atom is -0.319 e. The van der Waals surface area contributed by atoms with Gasteiger partial charge in [-0.15, -0.1) is 11.3 Å². The van der Waals surface area contributed by atoms with E-state index in [1.807, 2.05) is 18.4 Å². The molecule has 0 saturated carbocycles. The van der Waals surface area contributed by atoms with Gasteiger partial charge < -0.3 is 5.32 Å². The van der Waals surface area contributed by atoms with Crippen LogP contribution in [0.2, 0.25) is 5.02 Å². The first-order valence-electron chi connectivity index (χ1n) is 4.19. The molecular weight excluding hydrogens is 190 g/mol. The molecule has 0 radical (unpaired) electrons. The lowest BCUT2D eigenvalue weighted by Crippen LogP contribution is -2.09. The quantitative estimate of drug-likeness (QED) is 0.794. The molecule has 1 rings (SSSR count). The topological polar surface area (TPSA) is 12.0 Å². The molecule has 0 saturated heterocycles. The van der Waals surface area contributed by atoms with E-state index >= 15 is 0 Å². The fraction of sp³-hybridized carbons (Fsp3) is 0.556. The van der Waals surface area contributed by atoms with Crippen molar-refractivity contribution in [3.05, 3.63) is 20.8 Å². The number of rotatable bonds is 4. The Hall–Kier alpha value is -0.0500. The molecule has 1 nitrogen and oxygen atoms in total. The van der Waals surface area contributed by atoms with Crippen molar-refractivity contribution in [3.8, 4) is 0 Å². The van der Waals surface area contributed by atoms with Gasteiger partial charge in [-0.2, -0.15) is 0 Å². The van der Waals surface area contributed by atoms with Gasteiger partial charge in [0.1, 0.15) is 0 Å². The highest BCUT2D eigenvalue weighted by Crippen LogP contribution is 2.27. The molecule has 1 aromatic rings. The van der Waals surface area contributed by atoms with Crippen LogP contribution in [0.4, 0.5) is 0 Å². The first kappa shape index (κ1) is 10.0. The summed E-state index contributed by atoms with van der Waals surface area (Å²) in [6.45, 7) is 3.17. The molecule has 12 heavy (non-hydrogen) atoms. The van der Waals surface area contributed by atoms with Crippen LogP contribution in [0, 0.1) is 0 Å². The summed E-state index contributed by atoms with van der Waals surface area (Å²) >= 11 is 7.84. The molecular formula is C9H14ClNS. The highest BCUT2D eigenvalue weighted by molar-refractivity contribution is 7.12. The van der Waals surface area contributed by atoms with Crippen LogP contribution in [0.15, 0.2) is 6.07 Å². The second kappa shape index (κ2) is 4.85. The van der Waals surface area contributed by atoms with E-state index in [9.17, 15) is 0 Å². The summed E-state index contributed by atoms with van der Waals surface area (Å²) in [6, 6.07) is 2.09. The van der Waals surface area contributed by atoms with Crippen molar-refractivity contribution in [1.29, 1.82) is 0 Å². The SMILES string of the molecule is CCc1sc(CCNC)cc1Cl. The minimum atomic E-state index is 0.939. The van der Waals surface area contributed by atoms with Gasteiger partial charge in [-0.05, 0) is 32.5 Å². The normalized spacial score (nSPS) is 10.6. The third-order valence-electron chi connectivity index (χ3n) is 1.75. The number of nitrogens with one attached hydrogen (secondary N) is 1. The van der Waals surface area contributed by atoms with E-state index in [1.54, 1.807) is 0 Å². The van der Waals surface area contributed by atoms with Crippen LogP contribution in [-0.4, -0.2) is 13.6 Å². The van der Waals surface area contributed by atoms with Crippen LogP contribution < -0.4 is 5.32 Å². The number of hydrogen-bond donors (Lipinski definition) is 1. The van der Waals surface area contributed by atoms with Crippen LogP contribution in [-0.2, 0) is 12.8 Å². The van der Waals surface area contributed by atoms with Gasteiger partial charge in [0.25, 0.3) is 0 Å². The third kappa shape index (κ3) is 2.47. The molecule has 0 aliphatic rings. The van der Waals surface area contributed by atoms with Gasteiger partial charge in [-0.1, -0.05) is 18.5 Å². The van der Waals surface area contributed by atoms with E-state index in [2.05, 4.69) is 18.3 Å². The maximum atomic E-state index is 6.01. The summed E-state index contributed by atoms with van der Waals surface area (Å²) in [5.41, 5.74) is 0. The number of thiophene rings is 1. The standard InChI is InChI=1S/C9H14ClNS/c1-3-9-8(10)6-7(12-9)4-5-11-2/h6,11H,3-5H2,1-2H3. The second-order valence-corrected chi connectivity index (χ2v) is 4.32. The lowest BCUT2D eigenvalue weighted by molar-refractivity contribution is 0.799. The molecule has 68 valence electrons. The monoisotopic (exact) mass is 203 g/mol. The molecule has 1 aromatic heterocycles. The van der Waals surface area contributed by atoms with Crippen LogP contribution >= 0.6 is 22.9 Å². The summed E-state index contributed by atoms with van der Waals surface area (Å²) in [7, 11) is 1.97. The molecule has 3 heteroatoms. The van der Waals surface area contributed by atoms with Crippen molar-refractivity contribution in [2.24, 2.45) is 0 Å². The Bertz CT molecular complexity index is 245. The first-order valence-corrected chi connectivity index (χ1v) is 5.39. The zero-order valence-electron chi connectivity index (χ0n) is 7.48. The maximum absolute atomic E-state index is 6.01. The molecule has 0 aromatic carbocycles. The Labute approximate surface area is 82.7 Å². The van der Waals surface area contributed by atoms with Crippen LogP contribution in [0.5, 0.6) is 0 Å². The summed E-state index contributed by atoms with van der Waals surface area (Å²) in [5, 5.41) is 4.07. The van der Waals surface area contributed by atoms with Gasteiger partial charge in [0.2, 0.25) is 0 Å². The second-order valence-electron chi connectivity index (χ2n) is 2.69. The molecule has 1 N–H and O–H groups in total. The molecule has 0 atom stereocenters. The van der Waals surface area contributed by atoms with Gasteiger partial charge in [-0.3, -0.25) is 0 Å². The lowest BCUT2D eigenvalue weighted by Gasteiger charge is -1.93. The Balaban J connectivity index is 2.62. The van der Waals surface area contributed by atoms with Crippen molar-refractivity contribution in [1.82, 2.24) is 5.32 Å². The van der Waals surface area contributed by atoms with E-state index < -0.39 is 0 Å². The third-order valence-corrected chi connectivity index (χ3v) is 3.54. The van der Waals surface area contributed by atoms with Crippen LogP contribution in [0.3, 0.4) is 0 Å². The smallest absolute Gasteiger partial charge is 0.0547 e. The molecule has 0 aliphatic carbocycles. The Morgan fingerprint density at radius 3 is 2.83 bits per heavy atom. The van der Waals surface area contributed by atoms with E-state index in [0.29, 0.717) is 0 Å². The van der Waals surface area contributed by atoms with Crippen LogP contribution in [0.25, 0.3) is 0 Å². The van der Waals surface area contributed by atoms with E-state index in [0.717, 1.165) is 24.4 Å². The molecule has 0 fully saturated rings. The van der Waals surface area contributed by atoms with Gasteiger partial charge in [0.15, 0.2) is 0 Å². The molecule has 0 amide bonds. The van der Waals surface area contributed by atoms with Crippen molar-refractivity contribution >= 4 is 22.9 Å². The highest BCUT2D eigenvalue weighted by Gasteiger charge is 2.04. The number of aryl methyl sites for hydroxylation is 1. The number of hydrogen-bond acceptors (Lipinski definition) is 2.